The van der Waals surface area contributed by atoms with Gasteiger partial charge in [-0.05, 0) is 36.4 Å². The third kappa shape index (κ3) is 2.28. The van der Waals surface area contributed by atoms with Crippen molar-refractivity contribution in [3.63, 3.8) is 0 Å². The van der Waals surface area contributed by atoms with Crippen LogP contribution in [0.5, 0.6) is 0 Å². The molecule has 2 heterocycles. The molecule has 2 rings (SSSR count). The van der Waals surface area contributed by atoms with Crippen molar-refractivity contribution in [1.82, 2.24) is 25.3 Å². The molecule has 0 aliphatic heterocycles. The third-order valence-corrected chi connectivity index (χ3v) is 1.86. The van der Waals surface area contributed by atoms with E-state index in [0.717, 1.165) is 12.4 Å². The summed E-state index contributed by atoms with van der Waals surface area (Å²) in [5, 5.41) is 18.3. The molecule has 6 heteroatoms. The van der Waals surface area contributed by atoms with Gasteiger partial charge < -0.3 is 5.32 Å². The Hall–Kier alpha value is -1.98. The van der Waals surface area contributed by atoms with Crippen LogP contribution in [0.1, 0.15) is 13.8 Å². The van der Waals surface area contributed by atoms with Gasteiger partial charge in [-0.3, -0.25) is 0 Å². The quantitative estimate of drug-likeness (QED) is 0.752. The number of rotatable bonds is 3. The first-order chi connectivity index (χ1) is 7.25. The molecule has 2 aromatic heterocycles. The summed E-state index contributed by atoms with van der Waals surface area (Å²) < 4.78 is 1.39. The molecule has 78 valence electrons. The Morgan fingerprint density at radius 1 is 1.47 bits per heavy atom. The molecule has 15 heavy (non-hydrogen) atoms. The Bertz CT molecular complexity index is 482. The Labute approximate surface area is 87.0 Å². The van der Waals surface area contributed by atoms with E-state index in [1.54, 1.807) is 0 Å². The minimum absolute atomic E-state index is 0.641. The van der Waals surface area contributed by atoms with Crippen LogP contribution >= 0.6 is 0 Å². The van der Waals surface area contributed by atoms with Gasteiger partial charge in [0.05, 0.1) is 0 Å². The van der Waals surface area contributed by atoms with E-state index in [0.29, 0.717) is 5.65 Å². The van der Waals surface area contributed by atoms with Crippen LogP contribution in [-0.4, -0.2) is 31.8 Å². The van der Waals surface area contributed by atoms with E-state index in [1.807, 2.05) is 12.1 Å². The summed E-state index contributed by atoms with van der Waals surface area (Å²) in [6.07, 6.45) is 2.09. The molecule has 0 aliphatic rings. The van der Waals surface area contributed by atoms with Crippen LogP contribution in [-0.2, 0) is 0 Å². The lowest BCUT2D eigenvalue weighted by Crippen LogP contribution is -2.04. The monoisotopic (exact) mass is 204 g/mol. The van der Waals surface area contributed by atoms with Gasteiger partial charge in [0.25, 0.3) is 0 Å². The van der Waals surface area contributed by atoms with Gasteiger partial charge in [-0.2, -0.15) is 0 Å². The number of fused-ring (bicyclic) bond motifs is 1. The molecular weight excluding hydrogens is 192 g/mol. The second-order valence-corrected chi connectivity index (χ2v) is 3.41. The Balaban J connectivity index is 2.11. The molecule has 0 aliphatic carbocycles. The first-order valence-electron chi connectivity index (χ1n) is 4.68. The Kier molecular flexibility index (Phi) is 2.57. The Morgan fingerprint density at radius 2 is 2.33 bits per heavy atom. The van der Waals surface area contributed by atoms with E-state index >= 15 is 0 Å². The summed E-state index contributed by atoms with van der Waals surface area (Å²) in [6.45, 7) is 4.86. The fourth-order valence-electron chi connectivity index (χ4n) is 1.10. The lowest BCUT2D eigenvalue weighted by atomic mass is 10.3. The van der Waals surface area contributed by atoms with Gasteiger partial charge in [-0.25, -0.2) is 0 Å². The smallest absolute Gasteiger partial charge is 0.200 e. The fourth-order valence-corrected chi connectivity index (χ4v) is 1.10. The largest absolute Gasteiger partial charge is 0.365 e. The minimum atomic E-state index is 0.641. The predicted octanol–water partition coefficient (Wildman–Crippen LogP) is 0.897. The lowest BCUT2D eigenvalue weighted by Gasteiger charge is -2.01. The maximum absolute atomic E-state index is 4.17. The lowest BCUT2D eigenvalue weighted by molar-refractivity contribution is 0.735. The average Bonchev–Trinajstić information content (AvgIpc) is 2.64. The fraction of sp³-hybridized carbons (Fsp3) is 0.333. The van der Waals surface area contributed by atoms with Gasteiger partial charge in [0.1, 0.15) is 5.82 Å². The summed E-state index contributed by atoms with van der Waals surface area (Å²) in [6, 6.07) is 3.67. The molecule has 0 unspecified atom stereocenters. The van der Waals surface area contributed by atoms with Crippen molar-refractivity contribution in [2.24, 2.45) is 0 Å². The van der Waals surface area contributed by atoms with Gasteiger partial charge in [-0.15, -0.1) is 14.8 Å². The van der Waals surface area contributed by atoms with Crippen molar-refractivity contribution in [3.05, 3.63) is 23.8 Å². The van der Waals surface area contributed by atoms with Crippen LogP contribution < -0.4 is 5.32 Å². The first kappa shape index (κ1) is 9.57. The van der Waals surface area contributed by atoms with Crippen LogP contribution in [0.15, 0.2) is 23.8 Å². The van der Waals surface area contributed by atoms with Crippen LogP contribution in [0.4, 0.5) is 5.82 Å². The summed E-state index contributed by atoms with van der Waals surface area (Å²) >= 11 is 0. The number of aromatic nitrogens is 5. The van der Waals surface area contributed by atoms with Gasteiger partial charge in [0.2, 0.25) is 0 Å². The van der Waals surface area contributed by atoms with E-state index in [1.165, 1.54) is 10.2 Å². The van der Waals surface area contributed by atoms with Crippen molar-refractivity contribution in [2.45, 2.75) is 13.8 Å². The normalized spacial score (nSPS) is 10.3. The molecule has 0 radical (unpaired) electrons. The molecular formula is C9H12N6. The van der Waals surface area contributed by atoms with Crippen molar-refractivity contribution in [1.29, 1.82) is 0 Å². The van der Waals surface area contributed by atoms with Crippen molar-refractivity contribution in [3.8, 4) is 0 Å². The maximum atomic E-state index is 4.17. The first-order valence-corrected chi connectivity index (χ1v) is 4.68. The molecule has 0 saturated heterocycles. The number of allylic oxidation sites excluding steroid dienone is 1. The maximum Gasteiger partial charge on any atom is 0.200 e. The highest BCUT2D eigenvalue weighted by molar-refractivity contribution is 5.42. The van der Waals surface area contributed by atoms with Crippen LogP contribution in [0.25, 0.3) is 5.65 Å². The molecule has 2 aromatic rings. The van der Waals surface area contributed by atoms with Crippen molar-refractivity contribution >= 4 is 11.5 Å². The number of anilines is 1. The zero-order valence-electron chi connectivity index (χ0n) is 8.68. The van der Waals surface area contributed by atoms with Crippen LogP contribution in [0.3, 0.4) is 0 Å². The number of hydrogen-bond donors (Lipinski definition) is 1. The molecule has 6 nitrogen and oxygen atoms in total. The summed E-state index contributed by atoms with van der Waals surface area (Å²) in [5.41, 5.74) is 1.91. The second kappa shape index (κ2) is 4.04. The number of tetrazole rings is 1. The van der Waals surface area contributed by atoms with Crippen LogP contribution in [0, 0.1) is 0 Å². The van der Waals surface area contributed by atoms with E-state index in [-0.39, 0.29) is 0 Å². The standard InChI is InChI=1S/C9H12N6/c1-7(2)5-6-10-8-3-4-9-11-13-14-15(9)12-8/h3-5H,6H2,1-2H3,(H,10,12). The van der Waals surface area contributed by atoms with Crippen LogP contribution in [0.2, 0.25) is 0 Å². The van der Waals surface area contributed by atoms with Crippen molar-refractivity contribution < 1.29 is 0 Å². The third-order valence-electron chi connectivity index (χ3n) is 1.86. The average molecular weight is 204 g/mol. The van der Waals surface area contributed by atoms with E-state index in [4.69, 9.17) is 0 Å². The number of nitrogens with one attached hydrogen (secondary N) is 1. The Morgan fingerprint density at radius 3 is 3.13 bits per heavy atom. The second-order valence-electron chi connectivity index (χ2n) is 3.41. The van der Waals surface area contributed by atoms with Crippen molar-refractivity contribution in [2.75, 3.05) is 11.9 Å². The highest BCUT2D eigenvalue weighted by atomic mass is 15.6. The molecule has 0 bridgehead atoms. The summed E-state index contributed by atoms with van der Waals surface area (Å²) in [7, 11) is 0. The number of nitrogens with zero attached hydrogens (tertiary/aromatic N) is 5. The summed E-state index contributed by atoms with van der Waals surface area (Å²) in [5.74, 6) is 0.757. The molecule has 0 spiro atoms. The molecule has 0 saturated carbocycles. The van der Waals surface area contributed by atoms with Gasteiger partial charge >= 0.3 is 0 Å². The molecule has 0 aromatic carbocycles. The topological polar surface area (TPSA) is 68.0 Å². The predicted molar refractivity (Wildman–Crippen MR) is 56.5 cm³/mol. The summed E-state index contributed by atoms with van der Waals surface area (Å²) in [4.78, 5) is 0. The zero-order valence-corrected chi connectivity index (χ0v) is 8.68. The van der Waals surface area contributed by atoms with Gasteiger partial charge in [-0.1, -0.05) is 11.6 Å². The molecule has 0 atom stereocenters. The molecule has 0 amide bonds. The van der Waals surface area contributed by atoms with Gasteiger partial charge in [0, 0.05) is 6.54 Å². The number of hydrogen-bond acceptors (Lipinski definition) is 5. The SMILES string of the molecule is CC(C)=CCNc1ccc2nnnn2n1. The highest BCUT2D eigenvalue weighted by Crippen LogP contribution is 2.02. The van der Waals surface area contributed by atoms with E-state index < -0.39 is 0 Å². The molecule has 0 fully saturated rings. The zero-order chi connectivity index (χ0) is 10.7. The highest BCUT2D eigenvalue weighted by Gasteiger charge is 1.98. The van der Waals surface area contributed by atoms with E-state index in [9.17, 15) is 0 Å². The van der Waals surface area contributed by atoms with Gasteiger partial charge in [0.15, 0.2) is 5.65 Å². The minimum Gasteiger partial charge on any atom is -0.365 e. The molecule has 1 N–H and O–H groups in total. The van der Waals surface area contributed by atoms with E-state index in [2.05, 4.69) is 45.9 Å².